The molecule has 33 heavy (non-hydrogen) atoms. The number of aliphatic hydroxyl groups is 1. The Bertz CT molecular complexity index is 1130. The molecule has 2 N–H and O–H groups in total. The summed E-state index contributed by atoms with van der Waals surface area (Å²) in [6.07, 6.45) is 0. The van der Waals surface area contributed by atoms with E-state index in [9.17, 15) is 18.7 Å². The van der Waals surface area contributed by atoms with Crippen molar-refractivity contribution < 1.29 is 23.4 Å². The summed E-state index contributed by atoms with van der Waals surface area (Å²) in [6, 6.07) is 20.0. The van der Waals surface area contributed by atoms with Crippen LogP contribution in [0.2, 0.25) is 0 Å². The lowest BCUT2D eigenvalue weighted by Gasteiger charge is -2.38. The molecule has 0 bridgehead atoms. The van der Waals surface area contributed by atoms with Crippen molar-refractivity contribution in [2.24, 2.45) is 0 Å². The Kier molecular flexibility index (Phi) is 7.11. The maximum absolute atomic E-state index is 13.6. The lowest BCUT2D eigenvalue weighted by atomic mass is 9.87. The molecule has 0 spiro atoms. The lowest BCUT2D eigenvalue weighted by Crippen LogP contribution is -2.43. The SMILES string of the molecule is CCOC(=O)C1=C(O)[C@@H](Sc2ccccc2)[C@H](c2ccc(F)cc2)N[C@@H]1c1ccc(F)cc1. The van der Waals surface area contributed by atoms with Crippen molar-refractivity contribution in [2.45, 2.75) is 29.2 Å². The minimum Gasteiger partial charge on any atom is -0.510 e. The van der Waals surface area contributed by atoms with E-state index in [0.29, 0.717) is 5.56 Å². The number of carbonyl (C=O) groups excluding carboxylic acids is 1. The van der Waals surface area contributed by atoms with Gasteiger partial charge in [-0.1, -0.05) is 42.5 Å². The molecule has 0 amide bonds. The van der Waals surface area contributed by atoms with Gasteiger partial charge in [-0.2, -0.15) is 0 Å². The van der Waals surface area contributed by atoms with E-state index in [1.807, 2.05) is 30.3 Å². The van der Waals surface area contributed by atoms with Crippen molar-refractivity contribution in [1.29, 1.82) is 0 Å². The molecule has 4 nitrogen and oxygen atoms in total. The van der Waals surface area contributed by atoms with Crippen LogP contribution in [0.3, 0.4) is 0 Å². The molecule has 1 aliphatic rings. The Hall–Kier alpha value is -3.16. The highest BCUT2D eigenvalue weighted by Gasteiger charge is 2.42. The molecule has 4 rings (SSSR count). The van der Waals surface area contributed by atoms with Gasteiger partial charge in [-0.05, 0) is 54.4 Å². The van der Waals surface area contributed by atoms with Gasteiger partial charge in [0.2, 0.25) is 0 Å². The highest BCUT2D eigenvalue weighted by atomic mass is 32.2. The number of hydrogen-bond acceptors (Lipinski definition) is 5. The Morgan fingerprint density at radius 3 is 2.09 bits per heavy atom. The Labute approximate surface area is 195 Å². The predicted molar refractivity (Wildman–Crippen MR) is 124 cm³/mol. The van der Waals surface area contributed by atoms with Crippen molar-refractivity contribution in [3.63, 3.8) is 0 Å². The normalized spacial score (nSPS) is 20.5. The maximum atomic E-state index is 13.6. The van der Waals surface area contributed by atoms with Crippen LogP contribution in [0.5, 0.6) is 0 Å². The summed E-state index contributed by atoms with van der Waals surface area (Å²) in [5.74, 6) is -1.55. The van der Waals surface area contributed by atoms with Gasteiger partial charge in [0, 0.05) is 4.90 Å². The van der Waals surface area contributed by atoms with Gasteiger partial charge < -0.3 is 9.84 Å². The van der Waals surface area contributed by atoms with Crippen LogP contribution in [0.15, 0.2) is 95.1 Å². The third-order valence-corrected chi connectivity index (χ3v) is 6.71. The second-order valence-electron chi connectivity index (χ2n) is 7.55. The summed E-state index contributed by atoms with van der Waals surface area (Å²) < 4.78 is 32.5. The number of esters is 1. The lowest BCUT2D eigenvalue weighted by molar-refractivity contribution is -0.139. The number of halogens is 2. The molecule has 7 heteroatoms. The predicted octanol–water partition coefficient (Wildman–Crippen LogP) is 5.89. The van der Waals surface area contributed by atoms with Gasteiger partial charge in [0.1, 0.15) is 17.4 Å². The molecule has 0 saturated carbocycles. The minimum atomic E-state index is -0.743. The Morgan fingerprint density at radius 2 is 1.52 bits per heavy atom. The third kappa shape index (κ3) is 5.10. The largest absolute Gasteiger partial charge is 0.510 e. The fourth-order valence-corrected chi connectivity index (χ4v) is 5.09. The summed E-state index contributed by atoms with van der Waals surface area (Å²) in [6.45, 7) is 1.83. The van der Waals surface area contributed by atoms with Crippen LogP contribution < -0.4 is 5.32 Å². The van der Waals surface area contributed by atoms with Gasteiger partial charge in [-0.25, -0.2) is 13.6 Å². The average molecular weight is 468 g/mol. The van der Waals surface area contributed by atoms with Gasteiger partial charge >= 0.3 is 5.97 Å². The molecule has 0 aromatic heterocycles. The number of thioether (sulfide) groups is 1. The first-order valence-electron chi connectivity index (χ1n) is 10.6. The fraction of sp³-hybridized carbons (Fsp3) is 0.192. The topological polar surface area (TPSA) is 58.6 Å². The Morgan fingerprint density at radius 1 is 0.939 bits per heavy atom. The highest BCUT2D eigenvalue weighted by molar-refractivity contribution is 8.00. The standard InChI is InChI=1S/C26H23F2NO3S/c1-2-32-26(31)21-22(16-8-12-18(27)13-9-16)29-23(17-10-14-19(28)15-11-17)25(24(21)30)33-20-6-4-3-5-7-20/h3-15,22-23,25,29-30H,2H2,1H3/t22-,23+,25+/m1/s1. The molecule has 170 valence electrons. The molecule has 1 aliphatic heterocycles. The monoisotopic (exact) mass is 467 g/mol. The minimum absolute atomic E-state index is 0.0789. The van der Waals surface area contributed by atoms with E-state index >= 15 is 0 Å². The van der Waals surface area contributed by atoms with Crippen LogP contribution in [-0.4, -0.2) is 22.9 Å². The van der Waals surface area contributed by atoms with Gasteiger partial charge in [0.25, 0.3) is 0 Å². The van der Waals surface area contributed by atoms with E-state index in [-0.39, 0.29) is 23.8 Å². The van der Waals surface area contributed by atoms with E-state index in [4.69, 9.17) is 4.74 Å². The van der Waals surface area contributed by atoms with Crippen molar-refractivity contribution in [1.82, 2.24) is 5.32 Å². The van der Waals surface area contributed by atoms with Crippen LogP contribution in [0.1, 0.15) is 30.1 Å². The number of benzene rings is 3. The first kappa shape index (κ1) is 23.0. The second kappa shape index (κ2) is 10.2. The fourth-order valence-electron chi connectivity index (χ4n) is 3.87. The first-order valence-corrected chi connectivity index (χ1v) is 11.4. The number of carbonyl (C=O) groups is 1. The van der Waals surface area contributed by atoms with Crippen LogP contribution in [0.25, 0.3) is 0 Å². The first-order chi connectivity index (χ1) is 16.0. The van der Waals surface area contributed by atoms with Gasteiger partial charge in [0.05, 0.1) is 29.5 Å². The quantitative estimate of drug-likeness (QED) is 0.443. The summed E-state index contributed by atoms with van der Waals surface area (Å²) >= 11 is 1.39. The molecule has 0 unspecified atom stereocenters. The van der Waals surface area contributed by atoms with Gasteiger partial charge in [-0.15, -0.1) is 11.8 Å². The number of nitrogens with one attached hydrogen (secondary N) is 1. The van der Waals surface area contributed by atoms with E-state index in [0.717, 1.165) is 10.5 Å². The molecular formula is C26H23F2NO3S. The molecule has 0 radical (unpaired) electrons. The van der Waals surface area contributed by atoms with Crippen molar-refractivity contribution >= 4 is 17.7 Å². The zero-order valence-corrected chi connectivity index (χ0v) is 18.7. The molecule has 1 heterocycles. The summed E-state index contributed by atoms with van der Waals surface area (Å²) in [5.41, 5.74) is 1.42. The zero-order chi connectivity index (χ0) is 23.4. The maximum Gasteiger partial charge on any atom is 0.339 e. The smallest absolute Gasteiger partial charge is 0.339 e. The molecule has 0 fully saturated rings. The summed E-state index contributed by atoms with van der Waals surface area (Å²) in [7, 11) is 0. The number of rotatable bonds is 6. The molecular weight excluding hydrogens is 444 g/mol. The van der Waals surface area contributed by atoms with E-state index in [2.05, 4.69) is 5.32 Å². The number of hydrogen-bond donors (Lipinski definition) is 2. The second-order valence-corrected chi connectivity index (χ2v) is 8.77. The van der Waals surface area contributed by atoms with E-state index in [1.54, 1.807) is 31.2 Å². The summed E-state index contributed by atoms with van der Waals surface area (Å²) in [4.78, 5) is 13.8. The molecule has 0 saturated heterocycles. The van der Waals surface area contributed by atoms with E-state index in [1.165, 1.54) is 36.0 Å². The summed E-state index contributed by atoms with van der Waals surface area (Å²) in [5, 5.41) is 14.3. The average Bonchev–Trinajstić information content (AvgIpc) is 2.82. The van der Waals surface area contributed by atoms with Crippen LogP contribution >= 0.6 is 11.8 Å². The van der Waals surface area contributed by atoms with Crippen molar-refractivity contribution in [3.8, 4) is 0 Å². The molecule has 0 aliphatic carbocycles. The van der Waals surface area contributed by atoms with Gasteiger partial charge in [-0.3, -0.25) is 5.32 Å². The number of ether oxygens (including phenoxy) is 1. The Balaban J connectivity index is 1.85. The van der Waals surface area contributed by atoms with Crippen LogP contribution in [-0.2, 0) is 9.53 Å². The van der Waals surface area contributed by atoms with Crippen LogP contribution in [0, 0.1) is 11.6 Å². The van der Waals surface area contributed by atoms with E-state index < -0.39 is 29.1 Å². The van der Waals surface area contributed by atoms with Gasteiger partial charge in [0.15, 0.2) is 0 Å². The van der Waals surface area contributed by atoms with Crippen LogP contribution in [0.4, 0.5) is 8.78 Å². The number of aliphatic hydroxyl groups excluding tert-OH is 1. The highest BCUT2D eigenvalue weighted by Crippen LogP contribution is 2.44. The molecule has 3 atom stereocenters. The third-order valence-electron chi connectivity index (χ3n) is 5.42. The molecule has 3 aromatic rings. The molecule has 3 aromatic carbocycles. The zero-order valence-electron chi connectivity index (χ0n) is 17.9. The van der Waals surface area contributed by atoms with Crippen molar-refractivity contribution in [3.05, 3.63) is 113 Å². The van der Waals surface area contributed by atoms with Crippen molar-refractivity contribution in [2.75, 3.05) is 6.61 Å².